The van der Waals surface area contributed by atoms with Crippen LogP contribution in [0.15, 0.2) is 71.9 Å². The molecule has 0 aliphatic heterocycles. The van der Waals surface area contributed by atoms with Crippen molar-refractivity contribution in [2.45, 2.75) is 6.54 Å². The van der Waals surface area contributed by atoms with E-state index in [0.29, 0.717) is 17.8 Å². The third kappa shape index (κ3) is 3.01. The van der Waals surface area contributed by atoms with E-state index in [1.807, 2.05) is 18.2 Å². The Kier molecular flexibility index (Phi) is 3.78. The summed E-state index contributed by atoms with van der Waals surface area (Å²) >= 11 is 0. The second kappa shape index (κ2) is 6.24. The lowest BCUT2D eigenvalue weighted by molar-refractivity contribution is 0.628. The van der Waals surface area contributed by atoms with Crippen molar-refractivity contribution in [3.8, 4) is 11.3 Å². The topological polar surface area (TPSA) is 60.7 Å². The summed E-state index contributed by atoms with van der Waals surface area (Å²) < 4.78 is 14.6. The first kappa shape index (κ1) is 15.1. The van der Waals surface area contributed by atoms with Crippen LogP contribution in [0.1, 0.15) is 5.69 Å². The molecule has 0 unspecified atom stereocenters. The number of fused-ring (bicyclic) bond motifs is 1. The van der Waals surface area contributed by atoms with Gasteiger partial charge in [0.15, 0.2) is 5.52 Å². The summed E-state index contributed by atoms with van der Waals surface area (Å²) in [6.45, 7) is 0.324. The van der Waals surface area contributed by atoms with E-state index in [1.54, 1.807) is 30.5 Å². The van der Waals surface area contributed by atoms with Crippen LogP contribution >= 0.6 is 0 Å². The van der Waals surface area contributed by atoms with E-state index in [1.165, 1.54) is 23.0 Å². The lowest BCUT2D eigenvalue weighted by atomic mass is 10.1. The minimum absolute atomic E-state index is 0.236. The first-order valence-electron chi connectivity index (χ1n) is 7.73. The van der Waals surface area contributed by atoms with Gasteiger partial charge >= 0.3 is 0 Å². The SMILES string of the molecule is O=c1c2nc(-c3ccc(F)cc3)ccc2ncn1Cc1ccccn1. The van der Waals surface area contributed by atoms with E-state index in [-0.39, 0.29) is 16.9 Å². The van der Waals surface area contributed by atoms with Crippen LogP contribution in [-0.4, -0.2) is 19.5 Å². The fraction of sp³-hybridized carbons (Fsp3) is 0.0526. The molecule has 25 heavy (non-hydrogen) atoms. The van der Waals surface area contributed by atoms with Crippen molar-refractivity contribution in [2.24, 2.45) is 0 Å². The van der Waals surface area contributed by atoms with Crippen LogP contribution in [0, 0.1) is 5.82 Å². The Labute approximate surface area is 142 Å². The zero-order valence-corrected chi connectivity index (χ0v) is 13.1. The lowest BCUT2D eigenvalue weighted by Gasteiger charge is -2.07. The van der Waals surface area contributed by atoms with E-state index < -0.39 is 0 Å². The average Bonchev–Trinajstić information content (AvgIpc) is 2.65. The van der Waals surface area contributed by atoms with Gasteiger partial charge in [0.05, 0.1) is 29.8 Å². The highest BCUT2D eigenvalue weighted by Gasteiger charge is 2.09. The highest BCUT2D eigenvalue weighted by Crippen LogP contribution is 2.19. The molecule has 4 rings (SSSR count). The number of pyridine rings is 2. The van der Waals surface area contributed by atoms with Crippen LogP contribution in [0.4, 0.5) is 4.39 Å². The van der Waals surface area contributed by atoms with Crippen LogP contribution in [0.25, 0.3) is 22.3 Å². The van der Waals surface area contributed by atoms with Crippen molar-refractivity contribution in [1.29, 1.82) is 0 Å². The second-order valence-electron chi connectivity index (χ2n) is 5.57. The standard InChI is InChI=1S/C19H13FN4O/c20-14-6-4-13(5-7-14)16-8-9-17-18(23-16)19(25)24(12-22-17)11-15-3-1-2-10-21-15/h1-10,12H,11H2. The Balaban J connectivity index is 1.79. The van der Waals surface area contributed by atoms with Gasteiger partial charge in [-0.15, -0.1) is 0 Å². The Morgan fingerprint density at radius 3 is 2.56 bits per heavy atom. The molecule has 1 aromatic carbocycles. The van der Waals surface area contributed by atoms with Gasteiger partial charge < -0.3 is 0 Å². The molecule has 3 aromatic heterocycles. The van der Waals surface area contributed by atoms with Crippen LogP contribution in [0.5, 0.6) is 0 Å². The van der Waals surface area contributed by atoms with Crippen LogP contribution in [-0.2, 0) is 6.54 Å². The quantitative estimate of drug-likeness (QED) is 0.578. The predicted molar refractivity (Wildman–Crippen MR) is 92.5 cm³/mol. The van der Waals surface area contributed by atoms with E-state index in [2.05, 4.69) is 15.0 Å². The Morgan fingerprint density at radius 1 is 0.960 bits per heavy atom. The summed E-state index contributed by atoms with van der Waals surface area (Å²) in [6, 6.07) is 15.0. The van der Waals surface area contributed by atoms with E-state index in [9.17, 15) is 9.18 Å². The van der Waals surface area contributed by atoms with Gasteiger partial charge in [-0.1, -0.05) is 6.07 Å². The van der Waals surface area contributed by atoms with Crippen molar-refractivity contribution in [2.75, 3.05) is 0 Å². The fourth-order valence-corrected chi connectivity index (χ4v) is 2.59. The molecule has 5 nitrogen and oxygen atoms in total. The van der Waals surface area contributed by atoms with E-state index >= 15 is 0 Å². The highest BCUT2D eigenvalue weighted by molar-refractivity contribution is 5.76. The molecule has 6 heteroatoms. The number of rotatable bonds is 3. The van der Waals surface area contributed by atoms with Gasteiger partial charge in [-0.3, -0.25) is 14.3 Å². The molecule has 0 spiro atoms. The number of benzene rings is 1. The number of nitrogens with zero attached hydrogens (tertiary/aromatic N) is 4. The van der Waals surface area contributed by atoms with E-state index in [0.717, 1.165) is 11.3 Å². The molecular weight excluding hydrogens is 319 g/mol. The summed E-state index contributed by atoms with van der Waals surface area (Å²) in [7, 11) is 0. The molecule has 122 valence electrons. The maximum absolute atomic E-state index is 13.1. The van der Waals surface area contributed by atoms with Crippen molar-refractivity contribution in [3.05, 3.63) is 89.0 Å². The van der Waals surface area contributed by atoms with E-state index in [4.69, 9.17) is 0 Å². The fourth-order valence-electron chi connectivity index (χ4n) is 2.59. The van der Waals surface area contributed by atoms with Gasteiger partial charge in [-0.2, -0.15) is 0 Å². The minimum Gasteiger partial charge on any atom is -0.291 e. The third-order valence-electron chi connectivity index (χ3n) is 3.87. The number of halogens is 1. The molecule has 0 aliphatic carbocycles. The molecule has 0 atom stereocenters. The largest absolute Gasteiger partial charge is 0.291 e. The van der Waals surface area contributed by atoms with Crippen molar-refractivity contribution in [3.63, 3.8) is 0 Å². The van der Waals surface area contributed by atoms with Gasteiger partial charge in [-0.25, -0.2) is 14.4 Å². The zero-order valence-electron chi connectivity index (χ0n) is 13.1. The average molecular weight is 332 g/mol. The molecule has 0 amide bonds. The zero-order chi connectivity index (χ0) is 17.2. The summed E-state index contributed by atoms with van der Waals surface area (Å²) in [5.74, 6) is -0.316. The van der Waals surface area contributed by atoms with Gasteiger partial charge in [-0.05, 0) is 48.5 Å². The first-order chi connectivity index (χ1) is 12.2. The molecule has 3 heterocycles. The number of hydrogen-bond donors (Lipinski definition) is 0. The van der Waals surface area contributed by atoms with Crippen molar-refractivity contribution < 1.29 is 4.39 Å². The lowest BCUT2D eigenvalue weighted by Crippen LogP contribution is -2.22. The molecular formula is C19H13FN4O. The summed E-state index contributed by atoms with van der Waals surface area (Å²) in [5.41, 5.74) is 2.67. The molecule has 0 radical (unpaired) electrons. The third-order valence-corrected chi connectivity index (χ3v) is 3.87. The smallest absolute Gasteiger partial charge is 0.280 e. The number of hydrogen-bond acceptors (Lipinski definition) is 4. The Morgan fingerprint density at radius 2 is 1.80 bits per heavy atom. The molecule has 0 N–H and O–H groups in total. The van der Waals surface area contributed by atoms with Gasteiger partial charge in [0.1, 0.15) is 5.82 Å². The predicted octanol–water partition coefficient (Wildman–Crippen LogP) is 3.04. The normalized spacial score (nSPS) is 10.9. The summed E-state index contributed by atoms with van der Waals surface area (Å²) in [4.78, 5) is 25.7. The van der Waals surface area contributed by atoms with Gasteiger partial charge in [0.25, 0.3) is 5.56 Å². The second-order valence-corrected chi connectivity index (χ2v) is 5.57. The molecule has 4 aromatic rings. The maximum Gasteiger partial charge on any atom is 0.280 e. The first-order valence-corrected chi connectivity index (χ1v) is 7.73. The molecule has 0 fully saturated rings. The van der Waals surface area contributed by atoms with Crippen molar-refractivity contribution >= 4 is 11.0 Å². The Hall–Kier alpha value is -3.41. The van der Waals surface area contributed by atoms with Crippen LogP contribution in [0.3, 0.4) is 0 Å². The summed E-state index contributed by atoms with van der Waals surface area (Å²) in [6.07, 6.45) is 3.18. The monoisotopic (exact) mass is 332 g/mol. The number of aromatic nitrogens is 4. The molecule has 0 aliphatic rings. The van der Waals surface area contributed by atoms with Crippen LogP contribution in [0.2, 0.25) is 0 Å². The van der Waals surface area contributed by atoms with Gasteiger partial charge in [0.2, 0.25) is 0 Å². The van der Waals surface area contributed by atoms with Crippen molar-refractivity contribution in [1.82, 2.24) is 19.5 Å². The molecule has 0 saturated heterocycles. The Bertz CT molecular complexity index is 1090. The highest BCUT2D eigenvalue weighted by atomic mass is 19.1. The molecule has 0 saturated carbocycles. The minimum atomic E-state index is -0.316. The van der Waals surface area contributed by atoms with Gasteiger partial charge in [0, 0.05) is 11.8 Å². The summed E-state index contributed by atoms with van der Waals surface area (Å²) in [5, 5.41) is 0. The molecule has 0 bridgehead atoms. The maximum atomic E-state index is 13.1. The van der Waals surface area contributed by atoms with Crippen LogP contribution < -0.4 is 5.56 Å².